The van der Waals surface area contributed by atoms with Gasteiger partial charge in [0.25, 0.3) is 5.91 Å². The number of rotatable bonds is 3. The van der Waals surface area contributed by atoms with Gasteiger partial charge in [-0.15, -0.1) is 0 Å². The average Bonchev–Trinajstić information content (AvgIpc) is 2.70. The number of fused-ring (bicyclic) bond motifs is 1. The van der Waals surface area contributed by atoms with Crippen LogP contribution in [0.15, 0.2) is 36.8 Å². The van der Waals surface area contributed by atoms with Gasteiger partial charge in [0, 0.05) is 38.6 Å². The van der Waals surface area contributed by atoms with Crippen LogP contribution in [0.4, 0.5) is 4.39 Å². The highest BCUT2D eigenvalue weighted by Gasteiger charge is 2.39. The highest BCUT2D eigenvalue weighted by Crippen LogP contribution is 2.26. The Morgan fingerprint density at radius 3 is 3.04 bits per heavy atom. The van der Waals surface area contributed by atoms with E-state index in [2.05, 4.69) is 14.9 Å². The van der Waals surface area contributed by atoms with Gasteiger partial charge in [-0.1, -0.05) is 6.07 Å². The fraction of sp³-hybridized carbons (Fsp3) is 0.450. The Bertz CT molecular complexity index is 817. The van der Waals surface area contributed by atoms with Crippen LogP contribution in [0.25, 0.3) is 0 Å². The van der Waals surface area contributed by atoms with Crippen LogP contribution in [0, 0.1) is 12.7 Å². The fourth-order valence-electron chi connectivity index (χ4n) is 3.94. The van der Waals surface area contributed by atoms with E-state index in [1.807, 2.05) is 17.9 Å². The molecule has 6 nitrogen and oxygen atoms in total. The van der Waals surface area contributed by atoms with Crippen LogP contribution in [-0.4, -0.2) is 64.1 Å². The first-order valence-corrected chi connectivity index (χ1v) is 9.28. The lowest BCUT2D eigenvalue weighted by molar-refractivity contribution is -0.0915. The zero-order valence-corrected chi connectivity index (χ0v) is 15.3. The second-order valence-corrected chi connectivity index (χ2v) is 7.16. The number of morpholine rings is 1. The van der Waals surface area contributed by atoms with E-state index in [0.29, 0.717) is 31.9 Å². The van der Waals surface area contributed by atoms with Crippen LogP contribution in [0.5, 0.6) is 0 Å². The van der Waals surface area contributed by atoms with E-state index in [1.165, 1.54) is 18.5 Å². The van der Waals surface area contributed by atoms with E-state index >= 15 is 0 Å². The van der Waals surface area contributed by atoms with Crippen molar-refractivity contribution in [3.8, 4) is 0 Å². The molecule has 0 unspecified atom stereocenters. The molecular weight excluding hydrogens is 347 g/mol. The molecule has 7 heteroatoms. The summed E-state index contributed by atoms with van der Waals surface area (Å²) in [4.78, 5) is 25.2. The Morgan fingerprint density at radius 2 is 2.22 bits per heavy atom. The van der Waals surface area contributed by atoms with Gasteiger partial charge in [0.1, 0.15) is 11.5 Å². The molecule has 4 rings (SSSR count). The highest BCUT2D eigenvalue weighted by atomic mass is 19.1. The second-order valence-electron chi connectivity index (χ2n) is 7.16. The minimum atomic E-state index is -0.217. The summed E-state index contributed by atoms with van der Waals surface area (Å²) in [5.41, 5.74) is 2.42. The third-order valence-electron chi connectivity index (χ3n) is 5.42. The number of likely N-dealkylation sites (tertiary alicyclic amines) is 1. The van der Waals surface area contributed by atoms with Gasteiger partial charge in [-0.2, -0.15) is 0 Å². The predicted octanol–water partition coefficient (Wildman–Crippen LogP) is 2.04. The Labute approximate surface area is 158 Å². The van der Waals surface area contributed by atoms with Crippen LogP contribution in [-0.2, 0) is 11.3 Å². The molecule has 2 fully saturated rings. The minimum Gasteiger partial charge on any atom is -0.374 e. The van der Waals surface area contributed by atoms with Gasteiger partial charge >= 0.3 is 0 Å². The van der Waals surface area contributed by atoms with Crippen molar-refractivity contribution >= 4 is 5.91 Å². The summed E-state index contributed by atoms with van der Waals surface area (Å²) >= 11 is 0. The van der Waals surface area contributed by atoms with E-state index < -0.39 is 0 Å². The van der Waals surface area contributed by atoms with Crippen molar-refractivity contribution in [1.82, 2.24) is 19.8 Å². The number of ether oxygens (including phenoxy) is 1. The molecule has 3 heterocycles. The SMILES string of the molecule is Cc1ccc(F)cc1CN1CC[C@H]2OCCN(C(=O)c3cnccn3)[C@@H]2C1. The number of benzene rings is 1. The number of aromatic nitrogens is 2. The molecule has 1 aromatic heterocycles. The first-order chi connectivity index (χ1) is 13.1. The number of carbonyl (C=O) groups is 1. The standard InChI is InChI=1S/C20H23FN4O2/c1-14-2-3-16(21)10-15(14)12-24-7-4-19-18(13-24)25(8-9-27-19)20(26)17-11-22-5-6-23-17/h2-3,5-6,10-11,18-19H,4,7-9,12-13H2,1H3/t18-,19-/m1/s1. The molecule has 0 bridgehead atoms. The monoisotopic (exact) mass is 370 g/mol. The molecule has 142 valence electrons. The summed E-state index contributed by atoms with van der Waals surface area (Å²) in [5.74, 6) is -0.323. The van der Waals surface area contributed by atoms with Crippen LogP contribution in [0.2, 0.25) is 0 Å². The Kier molecular flexibility index (Phi) is 5.13. The molecule has 2 atom stereocenters. The number of hydrogen-bond acceptors (Lipinski definition) is 5. The largest absolute Gasteiger partial charge is 0.374 e. The van der Waals surface area contributed by atoms with E-state index in [1.54, 1.807) is 12.3 Å². The summed E-state index contributed by atoms with van der Waals surface area (Å²) in [6, 6.07) is 4.86. The van der Waals surface area contributed by atoms with Crippen LogP contribution < -0.4 is 0 Å². The number of hydrogen-bond donors (Lipinski definition) is 0. The minimum absolute atomic E-state index is 0.0316. The summed E-state index contributed by atoms with van der Waals surface area (Å²) in [6.07, 6.45) is 5.48. The van der Waals surface area contributed by atoms with Gasteiger partial charge in [-0.05, 0) is 36.6 Å². The normalized spacial score (nSPS) is 23.1. The average molecular weight is 370 g/mol. The van der Waals surface area contributed by atoms with Crippen molar-refractivity contribution in [2.24, 2.45) is 0 Å². The van der Waals surface area contributed by atoms with Crippen molar-refractivity contribution in [2.45, 2.75) is 32.0 Å². The number of piperidine rings is 1. The molecule has 2 aromatic rings. The van der Waals surface area contributed by atoms with Crippen molar-refractivity contribution in [2.75, 3.05) is 26.2 Å². The molecule has 1 aromatic carbocycles. The summed E-state index contributed by atoms with van der Waals surface area (Å²) in [7, 11) is 0. The maximum atomic E-state index is 13.6. The number of nitrogens with zero attached hydrogens (tertiary/aromatic N) is 4. The maximum absolute atomic E-state index is 13.6. The van der Waals surface area contributed by atoms with E-state index in [0.717, 1.165) is 24.1 Å². The topological polar surface area (TPSA) is 58.6 Å². The van der Waals surface area contributed by atoms with Crippen molar-refractivity contribution < 1.29 is 13.9 Å². The second kappa shape index (κ2) is 7.70. The first-order valence-electron chi connectivity index (χ1n) is 9.28. The predicted molar refractivity (Wildman–Crippen MR) is 97.6 cm³/mol. The third kappa shape index (κ3) is 3.84. The van der Waals surface area contributed by atoms with Gasteiger partial charge in [0.05, 0.1) is 24.9 Å². The Balaban J connectivity index is 1.50. The van der Waals surface area contributed by atoms with Crippen molar-refractivity contribution in [3.63, 3.8) is 0 Å². The summed E-state index contributed by atoms with van der Waals surface area (Å²) < 4.78 is 19.5. The Morgan fingerprint density at radius 1 is 1.33 bits per heavy atom. The molecule has 0 saturated carbocycles. The maximum Gasteiger partial charge on any atom is 0.274 e. The molecule has 0 spiro atoms. The van der Waals surface area contributed by atoms with Crippen LogP contribution in [0.1, 0.15) is 28.0 Å². The molecule has 1 amide bonds. The van der Waals surface area contributed by atoms with E-state index in [-0.39, 0.29) is 23.9 Å². The van der Waals surface area contributed by atoms with Crippen molar-refractivity contribution in [3.05, 3.63) is 59.4 Å². The molecular formula is C20H23FN4O2. The van der Waals surface area contributed by atoms with Gasteiger partial charge in [-0.25, -0.2) is 9.37 Å². The van der Waals surface area contributed by atoms with Gasteiger partial charge in [-0.3, -0.25) is 14.7 Å². The van der Waals surface area contributed by atoms with E-state index in [9.17, 15) is 9.18 Å². The van der Waals surface area contributed by atoms with Crippen LogP contribution >= 0.6 is 0 Å². The van der Waals surface area contributed by atoms with Crippen LogP contribution in [0.3, 0.4) is 0 Å². The molecule has 2 saturated heterocycles. The highest BCUT2D eigenvalue weighted by molar-refractivity contribution is 5.92. The smallest absolute Gasteiger partial charge is 0.274 e. The molecule has 27 heavy (non-hydrogen) atoms. The zero-order valence-electron chi connectivity index (χ0n) is 15.3. The lowest BCUT2D eigenvalue weighted by Gasteiger charge is -2.47. The van der Waals surface area contributed by atoms with Gasteiger partial charge < -0.3 is 9.64 Å². The fourth-order valence-corrected chi connectivity index (χ4v) is 3.94. The zero-order chi connectivity index (χ0) is 18.8. The molecule has 2 aliphatic heterocycles. The Hall–Kier alpha value is -2.38. The third-order valence-corrected chi connectivity index (χ3v) is 5.42. The molecule has 2 aliphatic rings. The summed E-state index contributed by atoms with van der Waals surface area (Å²) in [5, 5.41) is 0. The molecule has 0 N–H and O–H groups in total. The van der Waals surface area contributed by atoms with Gasteiger partial charge in [0.2, 0.25) is 0 Å². The van der Waals surface area contributed by atoms with Gasteiger partial charge in [0.15, 0.2) is 0 Å². The molecule has 0 aliphatic carbocycles. The number of halogens is 1. The lowest BCUT2D eigenvalue weighted by atomic mass is 9.97. The van der Waals surface area contributed by atoms with Crippen molar-refractivity contribution in [1.29, 1.82) is 0 Å². The number of amides is 1. The molecule has 0 radical (unpaired) electrons. The quantitative estimate of drug-likeness (QED) is 0.828. The number of carbonyl (C=O) groups excluding carboxylic acids is 1. The summed E-state index contributed by atoms with van der Waals surface area (Å²) in [6.45, 7) is 5.31. The first kappa shape index (κ1) is 18.0. The lowest BCUT2D eigenvalue weighted by Crippen LogP contribution is -2.61. The number of aryl methyl sites for hydroxylation is 1. The van der Waals surface area contributed by atoms with E-state index in [4.69, 9.17) is 4.74 Å².